The van der Waals surface area contributed by atoms with Gasteiger partial charge in [-0.2, -0.15) is 5.10 Å². The molecule has 14 heavy (non-hydrogen) atoms. The molecule has 0 amide bonds. The van der Waals surface area contributed by atoms with Crippen molar-refractivity contribution in [2.75, 3.05) is 5.32 Å². The molecule has 2 unspecified atom stereocenters. The maximum absolute atomic E-state index is 4.27. The van der Waals surface area contributed by atoms with Crippen LogP contribution in [0.25, 0.3) is 0 Å². The molecule has 1 aromatic rings. The second-order valence-corrected chi connectivity index (χ2v) is 3.81. The Morgan fingerprint density at radius 1 is 1.64 bits per heavy atom. The van der Waals surface area contributed by atoms with Crippen molar-refractivity contribution in [1.29, 1.82) is 0 Å². The number of hydrogen-bond donors (Lipinski definition) is 1. The van der Waals surface area contributed by atoms with Gasteiger partial charge in [-0.1, -0.05) is 13.0 Å². The van der Waals surface area contributed by atoms with E-state index in [1.165, 1.54) is 0 Å². The van der Waals surface area contributed by atoms with Gasteiger partial charge in [-0.15, -0.1) is 6.58 Å². The van der Waals surface area contributed by atoms with Crippen LogP contribution in [0.5, 0.6) is 0 Å². The fourth-order valence-corrected chi connectivity index (χ4v) is 1.33. The van der Waals surface area contributed by atoms with Gasteiger partial charge in [0.2, 0.25) is 0 Å². The Morgan fingerprint density at radius 3 is 2.86 bits per heavy atom. The van der Waals surface area contributed by atoms with Gasteiger partial charge in [-0.3, -0.25) is 4.68 Å². The quantitative estimate of drug-likeness (QED) is 0.728. The minimum absolute atomic E-state index is 0.419. The Balaban J connectivity index is 2.47. The van der Waals surface area contributed by atoms with E-state index < -0.39 is 0 Å². The van der Waals surface area contributed by atoms with Crippen LogP contribution >= 0.6 is 0 Å². The van der Waals surface area contributed by atoms with Gasteiger partial charge in [0.15, 0.2) is 0 Å². The number of nitrogens with zero attached hydrogens (tertiary/aromatic N) is 2. The number of aryl methyl sites for hydroxylation is 1. The Hall–Kier alpha value is -1.25. The normalized spacial score (nSPS) is 14.8. The molecular weight excluding hydrogens is 174 g/mol. The summed E-state index contributed by atoms with van der Waals surface area (Å²) in [6, 6.07) is 2.40. The van der Waals surface area contributed by atoms with E-state index in [9.17, 15) is 0 Å². The number of rotatable bonds is 5. The van der Waals surface area contributed by atoms with Gasteiger partial charge in [0.25, 0.3) is 0 Å². The average Bonchev–Trinajstić information content (AvgIpc) is 2.51. The fourth-order valence-electron chi connectivity index (χ4n) is 1.33. The molecule has 0 radical (unpaired) electrons. The zero-order valence-electron chi connectivity index (χ0n) is 9.20. The number of anilines is 1. The van der Waals surface area contributed by atoms with Crippen molar-refractivity contribution in [3.05, 3.63) is 24.9 Å². The van der Waals surface area contributed by atoms with E-state index in [-0.39, 0.29) is 0 Å². The summed E-state index contributed by atoms with van der Waals surface area (Å²) in [6.07, 6.45) is 4.93. The van der Waals surface area contributed by atoms with E-state index in [4.69, 9.17) is 0 Å². The van der Waals surface area contributed by atoms with Crippen LogP contribution in [0.2, 0.25) is 0 Å². The molecular formula is C11H19N3. The Kier molecular flexibility index (Phi) is 3.74. The summed E-state index contributed by atoms with van der Waals surface area (Å²) < 4.78 is 1.80. The van der Waals surface area contributed by atoms with Crippen LogP contribution in [0.3, 0.4) is 0 Å². The first-order valence-corrected chi connectivity index (χ1v) is 5.00. The summed E-state index contributed by atoms with van der Waals surface area (Å²) in [7, 11) is 1.92. The zero-order valence-corrected chi connectivity index (χ0v) is 9.20. The molecule has 3 heteroatoms. The van der Waals surface area contributed by atoms with Crippen molar-refractivity contribution in [3.63, 3.8) is 0 Å². The Labute approximate surface area is 85.8 Å². The number of aromatic nitrogens is 2. The molecule has 0 saturated carbocycles. The van der Waals surface area contributed by atoms with Crippen molar-refractivity contribution in [2.24, 2.45) is 13.0 Å². The summed E-state index contributed by atoms with van der Waals surface area (Å²) in [4.78, 5) is 0. The van der Waals surface area contributed by atoms with E-state index >= 15 is 0 Å². The Morgan fingerprint density at radius 2 is 2.36 bits per heavy atom. The molecule has 0 aliphatic heterocycles. The highest BCUT2D eigenvalue weighted by molar-refractivity contribution is 5.33. The molecule has 0 bridgehead atoms. The molecule has 0 fully saturated rings. The van der Waals surface area contributed by atoms with Crippen LogP contribution in [0.15, 0.2) is 24.9 Å². The van der Waals surface area contributed by atoms with Crippen LogP contribution < -0.4 is 5.32 Å². The molecule has 0 aromatic carbocycles. The molecule has 78 valence electrons. The minimum atomic E-state index is 0.419. The van der Waals surface area contributed by atoms with Crippen LogP contribution in [-0.4, -0.2) is 15.8 Å². The van der Waals surface area contributed by atoms with E-state index in [1.807, 2.05) is 25.4 Å². The summed E-state index contributed by atoms with van der Waals surface area (Å²) in [5.41, 5.74) is 0. The first-order chi connectivity index (χ1) is 6.63. The van der Waals surface area contributed by atoms with Crippen molar-refractivity contribution in [3.8, 4) is 0 Å². The lowest BCUT2D eigenvalue weighted by atomic mass is 10.00. The monoisotopic (exact) mass is 193 g/mol. The largest absolute Gasteiger partial charge is 0.366 e. The smallest absolute Gasteiger partial charge is 0.148 e. The van der Waals surface area contributed by atoms with Crippen LogP contribution in [0, 0.1) is 5.92 Å². The Bertz CT molecular complexity index is 290. The molecule has 0 saturated heterocycles. The predicted octanol–water partition coefficient (Wildman–Crippen LogP) is 2.43. The summed E-state index contributed by atoms with van der Waals surface area (Å²) >= 11 is 0. The lowest BCUT2D eigenvalue weighted by molar-refractivity contribution is 0.515. The zero-order chi connectivity index (χ0) is 10.6. The van der Waals surface area contributed by atoms with E-state index in [1.54, 1.807) is 4.68 Å². The third kappa shape index (κ3) is 2.91. The number of hydrogen-bond acceptors (Lipinski definition) is 2. The third-order valence-corrected chi connectivity index (χ3v) is 2.48. The minimum Gasteiger partial charge on any atom is -0.366 e. The van der Waals surface area contributed by atoms with E-state index in [0.29, 0.717) is 12.0 Å². The maximum Gasteiger partial charge on any atom is 0.148 e. The molecule has 1 N–H and O–H groups in total. The first-order valence-electron chi connectivity index (χ1n) is 5.00. The van der Waals surface area contributed by atoms with Gasteiger partial charge >= 0.3 is 0 Å². The number of allylic oxidation sites excluding steroid dienone is 1. The van der Waals surface area contributed by atoms with E-state index in [2.05, 4.69) is 30.8 Å². The molecule has 1 rings (SSSR count). The van der Waals surface area contributed by atoms with Crippen LogP contribution in [-0.2, 0) is 7.05 Å². The highest BCUT2D eigenvalue weighted by Gasteiger charge is 2.10. The molecule has 0 aliphatic rings. The highest BCUT2D eigenvalue weighted by atomic mass is 15.3. The summed E-state index contributed by atoms with van der Waals surface area (Å²) in [5.74, 6) is 1.52. The second-order valence-electron chi connectivity index (χ2n) is 3.81. The maximum atomic E-state index is 4.27. The van der Waals surface area contributed by atoms with Crippen LogP contribution in [0.1, 0.15) is 20.3 Å². The van der Waals surface area contributed by atoms with Gasteiger partial charge in [-0.25, -0.2) is 0 Å². The second kappa shape index (κ2) is 4.84. The van der Waals surface area contributed by atoms with Gasteiger partial charge in [0.05, 0.1) is 0 Å². The van der Waals surface area contributed by atoms with Gasteiger partial charge in [0.1, 0.15) is 5.82 Å². The lowest BCUT2D eigenvalue weighted by Gasteiger charge is -2.19. The predicted molar refractivity (Wildman–Crippen MR) is 60.3 cm³/mol. The van der Waals surface area contributed by atoms with Gasteiger partial charge < -0.3 is 5.32 Å². The molecule has 1 heterocycles. The molecule has 1 aromatic heterocycles. The summed E-state index contributed by atoms with van der Waals surface area (Å²) in [6.45, 7) is 8.13. The topological polar surface area (TPSA) is 29.9 Å². The van der Waals surface area contributed by atoms with E-state index in [0.717, 1.165) is 12.2 Å². The third-order valence-electron chi connectivity index (χ3n) is 2.48. The standard InChI is InChI=1S/C11H19N3/c1-5-6-9(2)10(3)12-11-7-8-14(4)13-11/h5,7-10H,1,6H2,2-4H3,(H,12,13). The number of nitrogens with one attached hydrogen (secondary N) is 1. The summed E-state index contributed by atoms with van der Waals surface area (Å²) in [5, 5.41) is 7.64. The SMILES string of the molecule is C=CCC(C)C(C)Nc1ccn(C)n1. The first kappa shape index (κ1) is 10.8. The molecule has 0 spiro atoms. The molecule has 2 atom stereocenters. The lowest BCUT2D eigenvalue weighted by Crippen LogP contribution is -2.23. The van der Waals surface area contributed by atoms with Crippen molar-refractivity contribution < 1.29 is 0 Å². The fraction of sp³-hybridized carbons (Fsp3) is 0.545. The average molecular weight is 193 g/mol. The molecule has 0 aliphatic carbocycles. The van der Waals surface area contributed by atoms with Gasteiger partial charge in [-0.05, 0) is 19.3 Å². The highest BCUT2D eigenvalue weighted by Crippen LogP contribution is 2.13. The van der Waals surface area contributed by atoms with Crippen molar-refractivity contribution in [2.45, 2.75) is 26.3 Å². The van der Waals surface area contributed by atoms with Crippen molar-refractivity contribution in [1.82, 2.24) is 9.78 Å². The van der Waals surface area contributed by atoms with Crippen LogP contribution in [0.4, 0.5) is 5.82 Å². The van der Waals surface area contributed by atoms with Crippen molar-refractivity contribution >= 4 is 5.82 Å². The van der Waals surface area contributed by atoms with Gasteiger partial charge in [0, 0.05) is 25.4 Å². The molecule has 3 nitrogen and oxygen atoms in total.